The number of nitrogens with one attached hydrogen (secondary N) is 1. The number of carboxylic acids is 1. The monoisotopic (exact) mass is 441 g/mol. The van der Waals surface area contributed by atoms with Gasteiger partial charge in [0.05, 0.1) is 17.3 Å². The van der Waals surface area contributed by atoms with E-state index in [1.54, 1.807) is 6.07 Å². The van der Waals surface area contributed by atoms with Gasteiger partial charge < -0.3 is 19.9 Å². The zero-order valence-corrected chi connectivity index (χ0v) is 16.7. The second-order valence-electron chi connectivity index (χ2n) is 8.36. The highest BCUT2D eigenvalue weighted by molar-refractivity contribution is 9.10. The second kappa shape index (κ2) is 5.89. The van der Waals surface area contributed by atoms with E-state index >= 15 is 0 Å². The summed E-state index contributed by atoms with van der Waals surface area (Å²) in [6.45, 7) is 0.242. The standard InChI is InChI=1S/C22H20BrNO4/c23-15-8-17-16(27-9-28-17)7-14(15)21-19-11-5-4-10(6-11)18(19)12-2-1-3-13(22(25)26)20(12)24-21/h1-3,7-8,10-11,18-19,21,24H,4-6,9H2,(H,25,26)/t10-,11-,18+,19+,21+/m0/s1. The number of rotatable bonds is 2. The molecule has 2 aromatic rings. The van der Waals surface area contributed by atoms with Crippen LogP contribution in [0, 0.1) is 17.8 Å². The summed E-state index contributed by atoms with van der Waals surface area (Å²) in [5, 5.41) is 13.4. The molecule has 6 rings (SSSR count). The van der Waals surface area contributed by atoms with Crippen molar-refractivity contribution in [1.29, 1.82) is 0 Å². The fraction of sp³-hybridized carbons (Fsp3) is 0.409. The Morgan fingerprint density at radius 3 is 2.71 bits per heavy atom. The van der Waals surface area contributed by atoms with Gasteiger partial charge in [-0.25, -0.2) is 4.79 Å². The van der Waals surface area contributed by atoms with Crippen LogP contribution in [-0.4, -0.2) is 17.9 Å². The molecular weight excluding hydrogens is 422 g/mol. The molecule has 5 atom stereocenters. The third-order valence-electron chi connectivity index (χ3n) is 7.18. The maximum absolute atomic E-state index is 11.9. The average Bonchev–Trinajstić information content (AvgIpc) is 3.42. The van der Waals surface area contributed by atoms with Crippen molar-refractivity contribution in [3.8, 4) is 11.5 Å². The highest BCUT2D eigenvalue weighted by Crippen LogP contribution is 2.64. The maximum atomic E-state index is 11.9. The Bertz CT molecular complexity index is 1010. The average molecular weight is 442 g/mol. The zero-order valence-electron chi connectivity index (χ0n) is 15.2. The van der Waals surface area contributed by atoms with Crippen LogP contribution >= 0.6 is 15.9 Å². The Labute approximate surface area is 171 Å². The number of fused-ring (bicyclic) bond motifs is 8. The van der Waals surface area contributed by atoms with Crippen LogP contribution in [0.25, 0.3) is 0 Å². The van der Waals surface area contributed by atoms with Gasteiger partial charge >= 0.3 is 5.97 Å². The number of carbonyl (C=O) groups is 1. The van der Waals surface area contributed by atoms with Crippen LogP contribution in [0.5, 0.6) is 11.5 Å². The van der Waals surface area contributed by atoms with Crippen molar-refractivity contribution in [2.45, 2.75) is 31.2 Å². The molecule has 6 heteroatoms. The van der Waals surface area contributed by atoms with E-state index in [1.165, 1.54) is 24.8 Å². The maximum Gasteiger partial charge on any atom is 0.337 e. The molecule has 144 valence electrons. The first-order chi connectivity index (χ1) is 13.6. The first-order valence-electron chi connectivity index (χ1n) is 9.83. The Morgan fingerprint density at radius 1 is 1.11 bits per heavy atom. The summed E-state index contributed by atoms with van der Waals surface area (Å²) in [5.74, 6) is 2.83. The second-order valence-corrected chi connectivity index (χ2v) is 9.21. The molecule has 5 nitrogen and oxygen atoms in total. The minimum Gasteiger partial charge on any atom is -0.478 e. The quantitative estimate of drug-likeness (QED) is 0.672. The van der Waals surface area contributed by atoms with Gasteiger partial charge in [-0.3, -0.25) is 0 Å². The van der Waals surface area contributed by atoms with Crippen molar-refractivity contribution in [3.63, 3.8) is 0 Å². The van der Waals surface area contributed by atoms with Crippen LogP contribution in [0.15, 0.2) is 34.8 Å². The number of benzene rings is 2. The molecule has 2 aliphatic carbocycles. The third kappa shape index (κ3) is 2.21. The van der Waals surface area contributed by atoms with Crippen LogP contribution in [0.3, 0.4) is 0 Å². The van der Waals surface area contributed by atoms with E-state index in [2.05, 4.69) is 33.4 Å². The number of aromatic carboxylic acids is 1. The fourth-order valence-electron chi connectivity index (χ4n) is 6.17. The number of anilines is 1. The van der Waals surface area contributed by atoms with Crippen LogP contribution in [-0.2, 0) is 0 Å². The lowest BCUT2D eigenvalue weighted by atomic mass is 9.67. The lowest BCUT2D eigenvalue weighted by Crippen LogP contribution is -2.36. The van der Waals surface area contributed by atoms with E-state index in [9.17, 15) is 9.90 Å². The molecule has 0 amide bonds. The summed E-state index contributed by atoms with van der Waals surface area (Å²) < 4.78 is 12.1. The summed E-state index contributed by atoms with van der Waals surface area (Å²) in [6.07, 6.45) is 3.75. The number of ether oxygens (including phenoxy) is 2. The molecule has 0 unspecified atom stereocenters. The van der Waals surface area contributed by atoms with Crippen molar-refractivity contribution in [2.75, 3.05) is 12.1 Å². The Balaban J connectivity index is 1.53. The van der Waals surface area contributed by atoms with E-state index in [1.807, 2.05) is 12.1 Å². The summed E-state index contributed by atoms with van der Waals surface area (Å²) in [4.78, 5) is 11.9. The van der Waals surface area contributed by atoms with Crippen molar-refractivity contribution in [2.24, 2.45) is 17.8 Å². The molecule has 2 N–H and O–H groups in total. The number of hydrogen-bond acceptors (Lipinski definition) is 4. The molecule has 4 aliphatic rings. The number of hydrogen-bond donors (Lipinski definition) is 2. The smallest absolute Gasteiger partial charge is 0.337 e. The Morgan fingerprint density at radius 2 is 1.89 bits per heavy atom. The Hall–Kier alpha value is -2.21. The van der Waals surface area contributed by atoms with Crippen molar-refractivity contribution in [3.05, 3.63) is 51.5 Å². The normalized spacial score (nSPS) is 31.2. The van der Waals surface area contributed by atoms with Gasteiger partial charge in [-0.05, 0) is 72.3 Å². The van der Waals surface area contributed by atoms with Gasteiger partial charge in [0.2, 0.25) is 6.79 Å². The van der Waals surface area contributed by atoms with E-state index in [4.69, 9.17) is 9.47 Å². The van der Waals surface area contributed by atoms with Crippen molar-refractivity contribution < 1.29 is 19.4 Å². The molecule has 0 saturated heterocycles. The van der Waals surface area contributed by atoms with Gasteiger partial charge in [0.15, 0.2) is 11.5 Å². The molecule has 2 heterocycles. The van der Waals surface area contributed by atoms with Crippen molar-refractivity contribution in [1.82, 2.24) is 0 Å². The first kappa shape index (κ1) is 16.7. The van der Waals surface area contributed by atoms with Gasteiger partial charge in [0.25, 0.3) is 0 Å². The Kier molecular flexibility index (Phi) is 3.52. The summed E-state index contributed by atoms with van der Waals surface area (Å²) in [6, 6.07) is 9.80. The van der Waals surface area contributed by atoms with Crippen LogP contribution in [0.4, 0.5) is 5.69 Å². The molecule has 0 aromatic heterocycles. The molecule has 2 aliphatic heterocycles. The van der Waals surface area contributed by atoms with Gasteiger partial charge in [0.1, 0.15) is 0 Å². The third-order valence-corrected chi connectivity index (χ3v) is 7.87. The van der Waals surface area contributed by atoms with Gasteiger partial charge in [-0.15, -0.1) is 0 Å². The highest BCUT2D eigenvalue weighted by Gasteiger charge is 2.54. The molecule has 2 aromatic carbocycles. The summed E-state index contributed by atoms with van der Waals surface area (Å²) in [5.41, 5.74) is 3.46. The van der Waals surface area contributed by atoms with E-state index < -0.39 is 5.97 Å². The lowest BCUT2D eigenvalue weighted by molar-refractivity contribution is 0.0697. The predicted molar refractivity (Wildman–Crippen MR) is 107 cm³/mol. The SMILES string of the molecule is O=C(O)c1cccc2c1N[C@H](c1cc3c(cc1Br)OCO3)[C@@H]1[C@H]3CC[C@@H](C3)[C@H]21. The number of para-hydroxylation sites is 1. The molecule has 28 heavy (non-hydrogen) atoms. The fourth-order valence-corrected chi connectivity index (χ4v) is 6.74. The first-order valence-corrected chi connectivity index (χ1v) is 10.6. The molecule has 2 saturated carbocycles. The zero-order chi connectivity index (χ0) is 19.0. The summed E-state index contributed by atoms with van der Waals surface area (Å²) in [7, 11) is 0. The van der Waals surface area contributed by atoms with E-state index in [0.29, 0.717) is 29.2 Å². The number of halogens is 1. The van der Waals surface area contributed by atoms with E-state index in [0.717, 1.165) is 27.2 Å². The lowest BCUT2D eigenvalue weighted by Gasteiger charge is -2.44. The molecule has 2 fully saturated rings. The topological polar surface area (TPSA) is 67.8 Å². The summed E-state index contributed by atoms with van der Waals surface area (Å²) >= 11 is 3.73. The molecule has 0 spiro atoms. The van der Waals surface area contributed by atoms with Crippen LogP contribution in [0.2, 0.25) is 0 Å². The molecule has 2 bridgehead atoms. The van der Waals surface area contributed by atoms with E-state index in [-0.39, 0.29) is 12.8 Å². The minimum absolute atomic E-state index is 0.0529. The van der Waals surface area contributed by atoms with Gasteiger partial charge in [0, 0.05) is 4.47 Å². The minimum atomic E-state index is -0.880. The van der Waals surface area contributed by atoms with Gasteiger partial charge in [-0.1, -0.05) is 28.1 Å². The number of carboxylic acid groups (broad SMARTS) is 1. The van der Waals surface area contributed by atoms with Crippen molar-refractivity contribution >= 4 is 27.6 Å². The van der Waals surface area contributed by atoms with Crippen LogP contribution < -0.4 is 14.8 Å². The molecular formula is C22H20BrNO4. The molecule has 0 radical (unpaired) electrons. The predicted octanol–water partition coefficient (Wildman–Crippen LogP) is 5.17. The highest BCUT2D eigenvalue weighted by atomic mass is 79.9. The largest absolute Gasteiger partial charge is 0.478 e. The van der Waals surface area contributed by atoms with Crippen LogP contribution in [0.1, 0.15) is 52.7 Å². The van der Waals surface area contributed by atoms with Gasteiger partial charge in [-0.2, -0.15) is 0 Å².